The number of hydrogen-bond acceptors (Lipinski definition) is 3. The summed E-state index contributed by atoms with van der Waals surface area (Å²) in [5.74, 6) is 0. The number of hydrogen-bond donors (Lipinski definition) is 1. The SMILES string of the molecule is CC(C)(C)OO.CC(C)=CCC/C(C)=C/CC/C(C)=C/CC/C=C(\C)CC/C=C(\C)CCC=C(C)C.CC(C)=CCC/C(C)=C/CC/C(C)=C/CC/C=C(\C)CC/C=C(\C)CC[C@@H]1OC1(C)C. The fourth-order valence-electron chi connectivity index (χ4n) is 7.18. The van der Waals surface area contributed by atoms with Crippen LogP contribution in [0.1, 0.15) is 260 Å². The van der Waals surface area contributed by atoms with E-state index in [0.29, 0.717) is 6.10 Å². The maximum Gasteiger partial charge on any atom is 0.0949 e. The van der Waals surface area contributed by atoms with E-state index in [1.165, 1.54) is 177 Å². The zero-order valence-electron chi connectivity index (χ0n) is 47.8. The van der Waals surface area contributed by atoms with Gasteiger partial charge in [0.25, 0.3) is 0 Å². The Morgan fingerprint density at radius 2 is 0.552 bits per heavy atom. The van der Waals surface area contributed by atoms with Crippen molar-refractivity contribution < 1.29 is 14.9 Å². The van der Waals surface area contributed by atoms with Crippen molar-refractivity contribution in [2.75, 3.05) is 0 Å². The summed E-state index contributed by atoms with van der Waals surface area (Å²) in [5.41, 5.74) is 16.2. The highest BCUT2D eigenvalue weighted by molar-refractivity contribution is 5.10. The second kappa shape index (κ2) is 39.8. The standard InChI is InChI=1S/C30H50O.C30H50.C4H10O2/c1-24(2)14-11-17-27(5)20-12-18-25(3)15-9-10-16-26(4)19-13-21-28(6)22-23-29-30(7,8)31-29;1-25(2)15-11-19-29(7)23-13-21-27(5)17-9-10-18-28(6)22-14-24-30(8)20-12-16-26(3)4;1-4(2,3)6-5/h14-16,20-21,29H,9-13,17-19,22-23H2,1-8H3;15-18,23-24H,9-14,19-22H2,1-8H3;5H,1-3H3/b25-15+,26-16+,27-20+,28-21+;27-17+,28-18+,29-23+,30-24+;/t29-;;/m0../s1. The first-order chi connectivity index (χ1) is 31.4. The minimum atomic E-state index is -0.403. The Balaban J connectivity index is 0. The Morgan fingerprint density at radius 1 is 0.373 bits per heavy atom. The van der Waals surface area contributed by atoms with Crippen LogP contribution in [0.5, 0.6) is 0 Å². The van der Waals surface area contributed by atoms with Crippen LogP contribution in [0.25, 0.3) is 0 Å². The van der Waals surface area contributed by atoms with Gasteiger partial charge in [-0.2, -0.15) is 0 Å². The summed E-state index contributed by atoms with van der Waals surface area (Å²) >= 11 is 0. The highest BCUT2D eigenvalue weighted by atomic mass is 17.1. The highest BCUT2D eigenvalue weighted by Gasteiger charge is 2.46. The predicted molar refractivity (Wildman–Crippen MR) is 303 cm³/mol. The van der Waals surface area contributed by atoms with Crippen molar-refractivity contribution in [1.29, 1.82) is 0 Å². The molecule has 0 radical (unpaired) electrons. The molecule has 3 heteroatoms. The molecule has 0 aromatic heterocycles. The first kappa shape index (κ1) is 66.1. The largest absolute Gasteiger partial charge is 0.367 e. The molecule has 1 rings (SSSR count). The maximum absolute atomic E-state index is 7.90. The van der Waals surface area contributed by atoms with Crippen molar-refractivity contribution in [3.05, 3.63) is 128 Å². The van der Waals surface area contributed by atoms with E-state index in [1.807, 2.05) is 0 Å². The van der Waals surface area contributed by atoms with Gasteiger partial charge in [0.15, 0.2) is 0 Å². The lowest BCUT2D eigenvalue weighted by molar-refractivity contribution is -0.306. The third kappa shape index (κ3) is 47.9. The maximum atomic E-state index is 7.90. The van der Waals surface area contributed by atoms with Crippen LogP contribution in [-0.4, -0.2) is 22.6 Å². The van der Waals surface area contributed by atoms with Gasteiger partial charge in [-0.25, -0.2) is 4.89 Å². The van der Waals surface area contributed by atoms with Crippen molar-refractivity contribution in [2.24, 2.45) is 0 Å². The van der Waals surface area contributed by atoms with E-state index in [0.717, 1.165) is 12.8 Å². The molecule has 384 valence electrons. The molecule has 0 unspecified atom stereocenters. The Hall–Kier alpha value is -2.98. The highest BCUT2D eigenvalue weighted by Crippen LogP contribution is 2.39. The van der Waals surface area contributed by atoms with Crippen molar-refractivity contribution in [3.63, 3.8) is 0 Å². The summed E-state index contributed by atoms with van der Waals surface area (Å²) in [6.07, 6.45) is 50.5. The Labute approximate surface area is 418 Å². The number of rotatable bonds is 30. The van der Waals surface area contributed by atoms with Gasteiger partial charge in [0.05, 0.1) is 17.3 Å². The molecule has 0 aromatic carbocycles. The summed E-state index contributed by atoms with van der Waals surface area (Å²) in [6, 6.07) is 0. The van der Waals surface area contributed by atoms with Crippen molar-refractivity contribution >= 4 is 0 Å². The van der Waals surface area contributed by atoms with Gasteiger partial charge in [-0.15, -0.1) is 0 Å². The summed E-state index contributed by atoms with van der Waals surface area (Å²) < 4.78 is 5.68. The van der Waals surface area contributed by atoms with Gasteiger partial charge >= 0.3 is 0 Å². The molecule has 1 aliphatic heterocycles. The van der Waals surface area contributed by atoms with E-state index >= 15 is 0 Å². The Morgan fingerprint density at radius 3 is 0.731 bits per heavy atom. The van der Waals surface area contributed by atoms with E-state index in [4.69, 9.17) is 9.99 Å². The topological polar surface area (TPSA) is 42.0 Å². The van der Waals surface area contributed by atoms with Crippen molar-refractivity contribution in [3.8, 4) is 0 Å². The fraction of sp³-hybridized carbons (Fsp3) is 0.656. The molecule has 1 aliphatic rings. The average Bonchev–Trinajstić information content (AvgIpc) is 3.85. The number of unbranched alkanes of at least 4 members (excludes halogenated alkanes) is 2. The molecule has 0 saturated carbocycles. The molecule has 0 aromatic rings. The molecule has 67 heavy (non-hydrogen) atoms. The molecule has 0 spiro atoms. The van der Waals surface area contributed by atoms with Gasteiger partial charge in [-0.05, 0) is 260 Å². The molecule has 1 N–H and O–H groups in total. The molecular weight excluding hydrogens is 817 g/mol. The second-order valence-corrected chi connectivity index (χ2v) is 22.1. The molecule has 1 heterocycles. The first-order valence-corrected chi connectivity index (χ1v) is 26.5. The molecule has 0 bridgehead atoms. The Kier molecular flexibility index (Phi) is 39.3. The van der Waals surface area contributed by atoms with E-state index in [2.05, 4.69) is 183 Å². The molecule has 1 saturated heterocycles. The monoisotopic (exact) mass is 927 g/mol. The van der Waals surface area contributed by atoms with Crippen LogP contribution in [0.3, 0.4) is 0 Å². The van der Waals surface area contributed by atoms with E-state index in [1.54, 1.807) is 20.8 Å². The molecular formula is C64H110O3. The lowest BCUT2D eigenvalue weighted by Crippen LogP contribution is -2.15. The van der Waals surface area contributed by atoms with Crippen LogP contribution in [0.15, 0.2) is 128 Å². The van der Waals surface area contributed by atoms with Gasteiger partial charge in [0.2, 0.25) is 0 Å². The van der Waals surface area contributed by atoms with Gasteiger partial charge in [-0.1, -0.05) is 128 Å². The lowest BCUT2D eigenvalue weighted by Gasteiger charge is -2.10. The zero-order chi connectivity index (χ0) is 51.3. The van der Waals surface area contributed by atoms with Crippen molar-refractivity contribution in [2.45, 2.75) is 277 Å². The minimum Gasteiger partial charge on any atom is -0.367 e. The lowest BCUT2D eigenvalue weighted by atomic mass is 10.0. The van der Waals surface area contributed by atoms with Crippen LogP contribution < -0.4 is 0 Å². The van der Waals surface area contributed by atoms with Crippen molar-refractivity contribution in [1.82, 2.24) is 0 Å². The smallest absolute Gasteiger partial charge is 0.0949 e. The molecule has 0 amide bonds. The van der Waals surface area contributed by atoms with Gasteiger partial charge < -0.3 is 4.74 Å². The molecule has 1 atom stereocenters. The summed E-state index contributed by atoms with van der Waals surface area (Å²) in [6.45, 7) is 40.9. The number of ether oxygens (including phenoxy) is 1. The number of allylic oxidation sites excluding steroid dienone is 22. The third-order valence-electron chi connectivity index (χ3n) is 11.9. The van der Waals surface area contributed by atoms with Crippen LogP contribution in [0.2, 0.25) is 0 Å². The van der Waals surface area contributed by atoms with Crippen LogP contribution in [0, 0.1) is 0 Å². The average molecular weight is 928 g/mol. The zero-order valence-corrected chi connectivity index (χ0v) is 47.8. The minimum absolute atomic E-state index is 0.132. The van der Waals surface area contributed by atoms with Crippen LogP contribution >= 0.6 is 0 Å². The third-order valence-corrected chi connectivity index (χ3v) is 11.9. The van der Waals surface area contributed by atoms with Gasteiger partial charge in [-0.3, -0.25) is 5.26 Å². The molecule has 1 fully saturated rings. The predicted octanol–water partition coefficient (Wildman–Crippen LogP) is 21.7. The van der Waals surface area contributed by atoms with Gasteiger partial charge in [0, 0.05) is 0 Å². The van der Waals surface area contributed by atoms with E-state index < -0.39 is 5.60 Å². The summed E-state index contributed by atoms with van der Waals surface area (Å²) in [5, 5.41) is 7.90. The van der Waals surface area contributed by atoms with E-state index in [9.17, 15) is 0 Å². The molecule has 0 aliphatic carbocycles. The first-order valence-electron chi connectivity index (χ1n) is 26.5. The quantitative estimate of drug-likeness (QED) is 0.0257. The summed E-state index contributed by atoms with van der Waals surface area (Å²) in [7, 11) is 0. The van der Waals surface area contributed by atoms with E-state index in [-0.39, 0.29) is 5.60 Å². The summed E-state index contributed by atoms with van der Waals surface area (Å²) in [4.78, 5) is 3.94. The van der Waals surface area contributed by atoms with Gasteiger partial charge in [0.1, 0.15) is 0 Å². The number of epoxide rings is 1. The normalized spacial score (nSPS) is 16.1. The van der Waals surface area contributed by atoms with Crippen LogP contribution in [-0.2, 0) is 9.62 Å². The second-order valence-electron chi connectivity index (χ2n) is 22.1. The fourth-order valence-corrected chi connectivity index (χ4v) is 7.18. The van der Waals surface area contributed by atoms with Crippen LogP contribution in [0.4, 0.5) is 0 Å². The molecule has 3 nitrogen and oxygen atoms in total. The Bertz CT molecular complexity index is 1610.